The summed E-state index contributed by atoms with van der Waals surface area (Å²) < 4.78 is 0.793. The molecule has 1 rings (SSSR count). The summed E-state index contributed by atoms with van der Waals surface area (Å²) in [6, 6.07) is 5.99. The number of aromatic hydroxyl groups is 1. The quantitative estimate of drug-likeness (QED) is 0.858. The fourth-order valence-corrected chi connectivity index (χ4v) is 1.57. The van der Waals surface area contributed by atoms with Gasteiger partial charge in [-0.25, -0.2) is 0 Å². The summed E-state index contributed by atoms with van der Waals surface area (Å²) in [6.07, 6.45) is 0. The SMILES string of the molecule is CC(C)NC(C)C.Oc1ccc(Br)c(Cl)c1. The Kier molecular flexibility index (Phi) is 7.81. The molecular weight excluding hydrogens is 289 g/mol. The van der Waals surface area contributed by atoms with Crippen LogP contribution in [0.2, 0.25) is 5.02 Å². The molecule has 0 aliphatic rings. The molecule has 0 aromatic heterocycles. The van der Waals surface area contributed by atoms with E-state index in [0.717, 1.165) is 4.47 Å². The highest BCUT2D eigenvalue weighted by Crippen LogP contribution is 2.25. The van der Waals surface area contributed by atoms with Crippen molar-refractivity contribution >= 4 is 27.5 Å². The summed E-state index contributed by atoms with van der Waals surface area (Å²) >= 11 is 8.79. The van der Waals surface area contributed by atoms with Crippen molar-refractivity contribution in [3.63, 3.8) is 0 Å². The third kappa shape index (κ3) is 7.97. The van der Waals surface area contributed by atoms with Gasteiger partial charge < -0.3 is 10.4 Å². The Labute approximate surface area is 111 Å². The van der Waals surface area contributed by atoms with E-state index in [2.05, 4.69) is 48.9 Å². The van der Waals surface area contributed by atoms with Crippen molar-refractivity contribution in [1.29, 1.82) is 0 Å². The number of nitrogens with one attached hydrogen (secondary N) is 1. The average Bonchev–Trinajstić information content (AvgIpc) is 2.10. The van der Waals surface area contributed by atoms with Crippen LogP contribution in [0.4, 0.5) is 0 Å². The van der Waals surface area contributed by atoms with Gasteiger partial charge in [-0.2, -0.15) is 0 Å². The highest BCUT2D eigenvalue weighted by Gasteiger charge is 1.95. The summed E-state index contributed by atoms with van der Waals surface area (Å²) in [6.45, 7) is 8.61. The summed E-state index contributed by atoms with van der Waals surface area (Å²) in [4.78, 5) is 0. The lowest BCUT2D eigenvalue weighted by molar-refractivity contribution is 0.475. The Morgan fingerprint density at radius 1 is 1.19 bits per heavy atom. The smallest absolute Gasteiger partial charge is 0.117 e. The molecule has 1 aromatic rings. The first-order valence-corrected chi connectivity index (χ1v) is 6.40. The molecule has 4 heteroatoms. The van der Waals surface area contributed by atoms with Crippen LogP contribution < -0.4 is 5.32 Å². The number of rotatable bonds is 2. The number of hydrogen-bond acceptors (Lipinski definition) is 2. The highest BCUT2D eigenvalue weighted by atomic mass is 79.9. The summed E-state index contributed by atoms with van der Waals surface area (Å²) in [5.41, 5.74) is 0. The molecule has 0 bridgehead atoms. The summed E-state index contributed by atoms with van der Waals surface area (Å²) in [5, 5.41) is 12.7. The minimum atomic E-state index is 0.184. The van der Waals surface area contributed by atoms with Crippen LogP contribution in [-0.2, 0) is 0 Å². The number of phenolic OH excluding ortho intramolecular Hbond substituents is 1. The van der Waals surface area contributed by atoms with Crippen LogP contribution in [-0.4, -0.2) is 17.2 Å². The van der Waals surface area contributed by atoms with Crippen molar-refractivity contribution in [3.05, 3.63) is 27.7 Å². The maximum Gasteiger partial charge on any atom is 0.117 e. The number of benzene rings is 1. The molecule has 0 saturated heterocycles. The maximum atomic E-state index is 8.83. The zero-order valence-electron chi connectivity index (χ0n) is 10.1. The second kappa shape index (κ2) is 7.93. The number of halogens is 2. The largest absolute Gasteiger partial charge is 0.508 e. The first kappa shape index (κ1) is 15.8. The molecule has 0 atom stereocenters. The molecule has 0 radical (unpaired) electrons. The standard InChI is InChI=1S/C6H4BrClO.C6H15N/c7-5-2-1-4(9)3-6(5)8;1-5(2)7-6(3)4/h1-3,9H;5-7H,1-4H3. The van der Waals surface area contributed by atoms with Crippen LogP contribution in [0.25, 0.3) is 0 Å². The van der Waals surface area contributed by atoms with Gasteiger partial charge in [0.1, 0.15) is 5.75 Å². The van der Waals surface area contributed by atoms with Gasteiger partial charge in [0.15, 0.2) is 0 Å². The van der Waals surface area contributed by atoms with Gasteiger partial charge in [-0.3, -0.25) is 0 Å². The fraction of sp³-hybridized carbons (Fsp3) is 0.500. The van der Waals surface area contributed by atoms with Crippen molar-refractivity contribution < 1.29 is 5.11 Å². The van der Waals surface area contributed by atoms with Crippen molar-refractivity contribution in [2.24, 2.45) is 0 Å². The van der Waals surface area contributed by atoms with Crippen LogP contribution in [0.1, 0.15) is 27.7 Å². The Hall–Kier alpha value is -0.250. The first-order valence-electron chi connectivity index (χ1n) is 5.23. The molecule has 0 heterocycles. The third-order valence-electron chi connectivity index (χ3n) is 1.57. The number of hydrogen-bond donors (Lipinski definition) is 2. The van der Waals surface area contributed by atoms with Crippen molar-refractivity contribution in [3.8, 4) is 5.75 Å². The maximum absolute atomic E-state index is 8.83. The lowest BCUT2D eigenvalue weighted by atomic mass is 10.3. The molecule has 0 amide bonds. The van der Waals surface area contributed by atoms with Crippen molar-refractivity contribution in [2.75, 3.05) is 0 Å². The normalized spacial score (nSPS) is 10.2. The molecule has 16 heavy (non-hydrogen) atoms. The predicted molar refractivity (Wildman–Crippen MR) is 74.2 cm³/mol. The zero-order valence-corrected chi connectivity index (χ0v) is 12.4. The summed E-state index contributed by atoms with van der Waals surface area (Å²) in [7, 11) is 0. The third-order valence-corrected chi connectivity index (χ3v) is 2.80. The Balaban J connectivity index is 0.000000293. The zero-order chi connectivity index (χ0) is 12.7. The average molecular weight is 309 g/mol. The molecule has 92 valence electrons. The van der Waals surface area contributed by atoms with Gasteiger partial charge in [0.25, 0.3) is 0 Å². The van der Waals surface area contributed by atoms with Crippen LogP contribution >= 0.6 is 27.5 Å². The van der Waals surface area contributed by atoms with Gasteiger partial charge in [0.05, 0.1) is 5.02 Å². The van der Waals surface area contributed by atoms with Gasteiger partial charge in [0.2, 0.25) is 0 Å². The van der Waals surface area contributed by atoms with Gasteiger partial charge >= 0.3 is 0 Å². The molecule has 2 nitrogen and oxygen atoms in total. The lowest BCUT2D eigenvalue weighted by Gasteiger charge is -2.10. The van der Waals surface area contributed by atoms with E-state index in [1.165, 1.54) is 6.07 Å². The van der Waals surface area contributed by atoms with Gasteiger partial charge in [-0.05, 0) is 34.1 Å². The van der Waals surface area contributed by atoms with Crippen LogP contribution in [0, 0.1) is 0 Å². The van der Waals surface area contributed by atoms with E-state index >= 15 is 0 Å². The van der Waals surface area contributed by atoms with Gasteiger partial charge in [-0.15, -0.1) is 0 Å². The van der Waals surface area contributed by atoms with E-state index in [0.29, 0.717) is 17.1 Å². The minimum absolute atomic E-state index is 0.184. The number of phenols is 1. The molecule has 0 fully saturated rings. The fourth-order valence-electron chi connectivity index (χ4n) is 1.15. The predicted octanol–water partition coefficient (Wildman–Crippen LogP) is 4.20. The highest BCUT2D eigenvalue weighted by molar-refractivity contribution is 9.10. The second-order valence-electron chi connectivity index (χ2n) is 4.07. The van der Waals surface area contributed by atoms with E-state index in [4.69, 9.17) is 16.7 Å². The Bertz CT molecular complexity index is 310. The molecule has 0 spiro atoms. The topological polar surface area (TPSA) is 32.3 Å². The molecule has 0 unspecified atom stereocenters. The Morgan fingerprint density at radius 2 is 1.69 bits per heavy atom. The van der Waals surface area contributed by atoms with Crippen molar-refractivity contribution in [1.82, 2.24) is 5.32 Å². The van der Waals surface area contributed by atoms with E-state index in [9.17, 15) is 0 Å². The van der Waals surface area contributed by atoms with Crippen LogP contribution in [0.3, 0.4) is 0 Å². The van der Waals surface area contributed by atoms with Crippen LogP contribution in [0.15, 0.2) is 22.7 Å². The van der Waals surface area contributed by atoms with E-state index in [-0.39, 0.29) is 5.75 Å². The molecule has 2 N–H and O–H groups in total. The molecule has 0 aliphatic carbocycles. The molecule has 1 aromatic carbocycles. The first-order chi connectivity index (χ1) is 7.32. The van der Waals surface area contributed by atoms with Gasteiger partial charge in [0, 0.05) is 16.6 Å². The lowest BCUT2D eigenvalue weighted by Crippen LogP contribution is -2.29. The monoisotopic (exact) mass is 307 g/mol. The molecular formula is C12H19BrClNO. The van der Waals surface area contributed by atoms with Gasteiger partial charge in [-0.1, -0.05) is 39.3 Å². The van der Waals surface area contributed by atoms with E-state index in [1.807, 2.05) is 0 Å². The molecule has 0 saturated carbocycles. The van der Waals surface area contributed by atoms with Crippen LogP contribution in [0.5, 0.6) is 5.75 Å². The Morgan fingerprint density at radius 3 is 1.94 bits per heavy atom. The van der Waals surface area contributed by atoms with E-state index in [1.54, 1.807) is 12.1 Å². The van der Waals surface area contributed by atoms with E-state index < -0.39 is 0 Å². The second-order valence-corrected chi connectivity index (χ2v) is 5.34. The van der Waals surface area contributed by atoms with Crippen molar-refractivity contribution in [2.45, 2.75) is 39.8 Å². The minimum Gasteiger partial charge on any atom is -0.508 e. The summed E-state index contributed by atoms with van der Waals surface area (Å²) in [5.74, 6) is 0.184. The molecule has 0 aliphatic heterocycles.